The zero-order chi connectivity index (χ0) is 15.0. The molecule has 2 aromatic heterocycles. The van der Waals surface area contributed by atoms with Crippen LogP contribution in [0.25, 0.3) is 5.82 Å². The largest absolute Gasteiger partial charge is 0.352 e. The molecule has 6 nitrogen and oxygen atoms in total. The first-order chi connectivity index (χ1) is 10.1. The standard InChI is InChI=1S/C13H16F2N6/c1-8-17-9(2)21(19-8)13-11(15)7-10(14)12(18-13)20-5-3-16-4-6-20/h7,16H,3-6H2,1-2H3. The van der Waals surface area contributed by atoms with Crippen molar-refractivity contribution in [3.05, 3.63) is 29.3 Å². The van der Waals surface area contributed by atoms with Gasteiger partial charge in [-0.05, 0) is 13.8 Å². The molecule has 3 rings (SSSR count). The van der Waals surface area contributed by atoms with E-state index in [-0.39, 0.29) is 11.6 Å². The first-order valence-corrected chi connectivity index (χ1v) is 6.78. The lowest BCUT2D eigenvalue weighted by molar-refractivity contribution is 0.535. The Bertz CT molecular complexity index is 663. The van der Waals surface area contributed by atoms with E-state index in [4.69, 9.17) is 0 Å². The summed E-state index contributed by atoms with van der Waals surface area (Å²) in [7, 11) is 0. The van der Waals surface area contributed by atoms with Crippen LogP contribution in [0.3, 0.4) is 0 Å². The second-order valence-electron chi connectivity index (χ2n) is 4.95. The number of anilines is 1. The number of pyridine rings is 1. The maximum atomic E-state index is 14.1. The summed E-state index contributed by atoms with van der Waals surface area (Å²) in [5.41, 5.74) is 0. The van der Waals surface area contributed by atoms with Crippen LogP contribution in [0.1, 0.15) is 11.6 Å². The predicted octanol–water partition coefficient (Wildman–Crippen LogP) is 0.967. The topological polar surface area (TPSA) is 58.9 Å². The molecule has 21 heavy (non-hydrogen) atoms. The maximum absolute atomic E-state index is 14.1. The van der Waals surface area contributed by atoms with Crippen molar-refractivity contribution in [1.82, 2.24) is 25.1 Å². The second-order valence-corrected chi connectivity index (χ2v) is 4.95. The van der Waals surface area contributed by atoms with Crippen LogP contribution in [-0.4, -0.2) is 45.9 Å². The van der Waals surface area contributed by atoms with Crippen molar-refractivity contribution >= 4 is 5.82 Å². The minimum Gasteiger partial charge on any atom is -0.352 e. The lowest BCUT2D eigenvalue weighted by atomic mass is 10.3. The molecule has 1 saturated heterocycles. The quantitative estimate of drug-likeness (QED) is 0.894. The molecule has 1 aliphatic rings. The first-order valence-electron chi connectivity index (χ1n) is 6.78. The van der Waals surface area contributed by atoms with Gasteiger partial charge in [-0.15, -0.1) is 5.10 Å². The Kier molecular flexibility index (Phi) is 3.54. The fourth-order valence-corrected chi connectivity index (χ4v) is 2.42. The van der Waals surface area contributed by atoms with E-state index < -0.39 is 11.6 Å². The average molecular weight is 294 g/mol. The number of hydrogen-bond donors (Lipinski definition) is 1. The van der Waals surface area contributed by atoms with Gasteiger partial charge in [-0.1, -0.05) is 0 Å². The number of halogens is 2. The zero-order valence-corrected chi connectivity index (χ0v) is 11.9. The third-order valence-electron chi connectivity index (χ3n) is 3.38. The van der Waals surface area contributed by atoms with Gasteiger partial charge in [-0.25, -0.2) is 18.7 Å². The van der Waals surface area contributed by atoms with Crippen LogP contribution < -0.4 is 10.2 Å². The molecule has 0 aromatic carbocycles. The first kappa shape index (κ1) is 13.9. The summed E-state index contributed by atoms with van der Waals surface area (Å²) >= 11 is 0. The Morgan fingerprint density at radius 2 is 1.71 bits per heavy atom. The van der Waals surface area contributed by atoms with E-state index in [9.17, 15) is 8.78 Å². The molecule has 0 aliphatic carbocycles. The van der Waals surface area contributed by atoms with E-state index >= 15 is 0 Å². The molecule has 0 spiro atoms. The number of aryl methyl sites for hydroxylation is 2. The summed E-state index contributed by atoms with van der Waals surface area (Å²) in [6, 6.07) is 0.857. The number of rotatable bonds is 2. The lowest BCUT2D eigenvalue weighted by Gasteiger charge is -2.28. The van der Waals surface area contributed by atoms with Gasteiger partial charge in [-0.3, -0.25) is 0 Å². The number of nitrogens with zero attached hydrogens (tertiary/aromatic N) is 5. The highest BCUT2D eigenvalue weighted by atomic mass is 19.1. The Labute approximate surface area is 120 Å². The molecule has 1 N–H and O–H groups in total. The molecular formula is C13H16F2N6. The normalized spacial score (nSPS) is 15.5. The molecule has 1 aliphatic heterocycles. The Balaban J connectivity index is 2.07. The highest BCUT2D eigenvalue weighted by Gasteiger charge is 2.21. The summed E-state index contributed by atoms with van der Waals surface area (Å²) in [6.07, 6.45) is 0. The maximum Gasteiger partial charge on any atom is 0.193 e. The van der Waals surface area contributed by atoms with E-state index in [0.29, 0.717) is 24.7 Å². The van der Waals surface area contributed by atoms with Crippen molar-refractivity contribution in [2.75, 3.05) is 31.1 Å². The zero-order valence-electron chi connectivity index (χ0n) is 11.9. The fourth-order valence-electron chi connectivity index (χ4n) is 2.42. The number of aromatic nitrogens is 4. The molecule has 8 heteroatoms. The van der Waals surface area contributed by atoms with Gasteiger partial charge in [0.05, 0.1) is 0 Å². The number of nitrogens with one attached hydrogen (secondary N) is 1. The minimum absolute atomic E-state index is 0.0250. The Morgan fingerprint density at radius 3 is 2.33 bits per heavy atom. The van der Waals surface area contributed by atoms with Gasteiger partial charge in [0.1, 0.15) is 11.6 Å². The smallest absolute Gasteiger partial charge is 0.193 e. The van der Waals surface area contributed by atoms with E-state index in [1.54, 1.807) is 18.7 Å². The van der Waals surface area contributed by atoms with Crippen molar-refractivity contribution < 1.29 is 8.78 Å². The average Bonchev–Trinajstić information content (AvgIpc) is 2.79. The van der Waals surface area contributed by atoms with Crippen LogP contribution in [0.4, 0.5) is 14.6 Å². The van der Waals surface area contributed by atoms with Gasteiger partial charge >= 0.3 is 0 Å². The molecule has 0 amide bonds. The van der Waals surface area contributed by atoms with Crippen molar-refractivity contribution in [1.29, 1.82) is 0 Å². The summed E-state index contributed by atoms with van der Waals surface area (Å²) < 4.78 is 29.4. The summed E-state index contributed by atoms with van der Waals surface area (Å²) in [5, 5.41) is 7.29. The Morgan fingerprint density at radius 1 is 1.05 bits per heavy atom. The van der Waals surface area contributed by atoms with E-state index in [0.717, 1.165) is 19.2 Å². The van der Waals surface area contributed by atoms with Gasteiger partial charge in [0, 0.05) is 32.2 Å². The van der Waals surface area contributed by atoms with Gasteiger partial charge in [0.15, 0.2) is 23.3 Å². The van der Waals surface area contributed by atoms with Crippen LogP contribution in [-0.2, 0) is 0 Å². The highest BCUT2D eigenvalue weighted by molar-refractivity contribution is 5.45. The molecular weight excluding hydrogens is 278 g/mol. The molecule has 0 unspecified atom stereocenters. The molecule has 1 fully saturated rings. The van der Waals surface area contributed by atoms with Crippen LogP contribution in [0.15, 0.2) is 6.07 Å². The molecule has 3 heterocycles. The predicted molar refractivity (Wildman–Crippen MR) is 73.6 cm³/mol. The van der Waals surface area contributed by atoms with E-state index in [1.807, 2.05) is 0 Å². The summed E-state index contributed by atoms with van der Waals surface area (Å²) in [4.78, 5) is 10.1. The van der Waals surface area contributed by atoms with Crippen molar-refractivity contribution in [3.8, 4) is 5.82 Å². The molecule has 0 bridgehead atoms. The molecule has 0 saturated carbocycles. The summed E-state index contributed by atoms with van der Waals surface area (Å²) in [5.74, 6) is -0.256. The van der Waals surface area contributed by atoms with Gasteiger partial charge in [0.25, 0.3) is 0 Å². The molecule has 112 valence electrons. The minimum atomic E-state index is -0.751. The van der Waals surface area contributed by atoms with Crippen LogP contribution >= 0.6 is 0 Å². The van der Waals surface area contributed by atoms with Gasteiger partial charge in [0.2, 0.25) is 0 Å². The fraction of sp³-hybridized carbons (Fsp3) is 0.462. The molecule has 2 aromatic rings. The van der Waals surface area contributed by atoms with E-state index in [2.05, 4.69) is 20.4 Å². The van der Waals surface area contributed by atoms with Crippen molar-refractivity contribution in [3.63, 3.8) is 0 Å². The Hall–Kier alpha value is -2.09. The van der Waals surface area contributed by atoms with Crippen molar-refractivity contribution in [2.24, 2.45) is 0 Å². The monoisotopic (exact) mass is 294 g/mol. The summed E-state index contributed by atoms with van der Waals surface area (Å²) in [6.45, 7) is 6.16. The third kappa shape index (κ3) is 2.58. The van der Waals surface area contributed by atoms with Crippen molar-refractivity contribution in [2.45, 2.75) is 13.8 Å². The number of hydrogen-bond acceptors (Lipinski definition) is 5. The van der Waals surface area contributed by atoms with E-state index in [1.165, 1.54) is 4.68 Å². The van der Waals surface area contributed by atoms with Gasteiger partial charge in [-0.2, -0.15) is 4.68 Å². The highest BCUT2D eigenvalue weighted by Crippen LogP contribution is 2.22. The SMILES string of the molecule is Cc1nc(C)n(-c2nc(N3CCNCC3)c(F)cc2F)n1. The number of piperazine rings is 1. The molecule has 0 radical (unpaired) electrons. The van der Waals surface area contributed by atoms with Crippen LogP contribution in [0, 0.1) is 25.5 Å². The lowest BCUT2D eigenvalue weighted by Crippen LogP contribution is -2.44. The van der Waals surface area contributed by atoms with Crippen LogP contribution in [0.5, 0.6) is 0 Å². The van der Waals surface area contributed by atoms with Gasteiger partial charge < -0.3 is 10.2 Å². The second kappa shape index (κ2) is 5.36. The third-order valence-corrected chi connectivity index (χ3v) is 3.38. The van der Waals surface area contributed by atoms with Crippen LogP contribution in [0.2, 0.25) is 0 Å². The molecule has 0 atom stereocenters.